The molecule has 2 bridgehead atoms. The summed E-state index contributed by atoms with van der Waals surface area (Å²) >= 11 is 5.99. The van der Waals surface area contributed by atoms with E-state index in [1.807, 2.05) is 0 Å². The van der Waals surface area contributed by atoms with Gasteiger partial charge in [-0.3, -0.25) is 4.79 Å². The van der Waals surface area contributed by atoms with Crippen LogP contribution in [0.5, 0.6) is 0 Å². The van der Waals surface area contributed by atoms with Crippen LogP contribution < -0.4 is 0 Å². The Bertz CT molecular complexity index is 268. The van der Waals surface area contributed by atoms with Crippen LogP contribution in [0.1, 0.15) is 26.7 Å². The van der Waals surface area contributed by atoms with E-state index in [0.29, 0.717) is 11.7 Å². The molecule has 4 atom stereocenters. The number of Topliss-reactive ketones (excluding diaryl/α,β-unsaturated/α-hetero) is 1. The van der Waals surface area contributed by atoms with Gasteiger partial charge >= 0.3 is 0 Å². The lowest BCUT2D eigenvalue weighted by atomic mass is 9.70. The van der Waals surface area contributed by atoms with Crippen LogP contribution in [0.15, 0.2) is 0 Å². The summed E-state index contributed by atoms with van der Waals surface area (Å²) in [6.45, 7) is 4.45. The standard InChI is InChI=1S/C10H14BrIO/c1-9-4-3-6(7(11)8(9)13)10(9,2)5-12/h6-7H,3-5H2,1-2H3/t6-,7+,9+,10-/m0/s1. The molecule has 0 aliphatic heterocycles. The number of fused-ring (bicyclic) bond motifs is 2. The summed E-state index contributed by atoms with van der Waals surface area (Å²) < 4.78 is 1.10. The predicted molar refractivity (Wildman–Crippen MR) is 65.5 cm³/mol. The first kappa shape index (κ1) is 10.4. The molecule has 0 amide bonds. The van der Waals surface area contributed by atoms with Crippen molar-refractivity contribution in [3.8, 4) is 0 Å². The van der Waals surface area contributed by atoms with Gasteiger partial charge in [0.05, 0.1) is 4.83 Å². The van der Waals surface area contributed by atoms with Crippen LogP contribution in [0, 0.1) is 16.7 Å². The molecule has 1 nitrogen and oxygen atoms in total. The van der Waals surface area contributed by atoms with Gasteiger partial charge in [-0.1, -0.05) is 52.4 Å². The molecule has 0 aromatic rings. The minimum absolute atomic E-state index is 0.0486. The zero-order chi connectivity index (χ0) is 9.85. The third-order valence-electron chi connectivity index (χ3n) is 4.46. The zero-order valence-electron chi connectivity index (χ0n) is 7.94. The van der Waals surface area contributed by atoms with Crippen LogP contribution in [0.4, 0.5) is 0 Å². The van der Waals surface area contributed by atoms with Gasteiger partial charge in [0.1, 0.15) is 0 Å². The maximum Gasteiger partial charge on any atom is 0.153 e. The molecule has 0 saturated heterocycles. The van der Waals surface area contributed by atoms with Gasteiger partial charge in [-0.25, -0.2) is 0 Å². The van der Waals surface area contributed by atoms with Gasteiger partial charge in [0.15, 0.2) is 5.78 Å². The fourth-order valence-corrected chi connectivity index (χ4v) is 5.83. The number of hydrogen-bond donors (Lipinski definition) is 0. The summed E-state index contributed by atoms with van der Waals surface area (Å²) in [7, 11) is 0. The molecule has 0 radical (unpaired) electrons. The predicted octanol–water partition coefficient (Wildman–Crippen LogP) is 3.19. The number of carbonyl (C=O) groups excluding carboxylic acids is 1. The fraction of sp³-hybridized carbons (Fsp3) is 0.900. The van der Waals surface area contributed by atoms with Crippen molar-refractivity contribution in [1.82, 2.24) is 0 Å². The molecule has 0 heterocycles. The second-order valence-electron chi connectivity index (χ2n) is 4.79. The quantitative estimate of drug-likeness (QED) is 0.521. The molecule has 3 heteroatoms. The van der Waals surface area contributed by atoms with E-state index in [4.69, 9.17) is 0 Å². The van der Waals surface area contributed by atoms with Gasteiger partial charge in [-0.15, -0.1) is 0 Å². The van der Waals surface area contributed by atoms with Gasteiger partial charge in [0, 0.05) is 9.84 Å². The van der Waals surface area contributed by atoms with Gasteiger partial charge in [-0.05, 0) is 24.2 Å². The number of halogens is 2. The van der Waals surface area contributed by atoms with Crippen molar-refractivity contribution >= 4 is 44.3 Å². The van der Waals surface area contributed by atoms with Crippen molar-refractivity contribution in [1.29, 1.82) is 0 Å². The Balaban J connectivity index is 2.49. The zero-order valence-corrected chi connectivity index (χ0v) is 11.7. The smallest absolute Gasteiger partial charge is 0.153 e. The van der Waals surface area contributed by atoms with Crippen molar-refractivity contribution in [3.63, 3.8) is 0 Å². The lowest BCUT2D eigenvalue weighted by molar-refractivity contribution is -0.127. The van der Waals surface area contributed by atoms with Crippen LogP contribution >= 0.6 is 38.5 Å². The van der Waals surface area contributed by atoms with E-state index in [2.05, 4.69) is 52.4 Å². The number of alkyl halides is 2. The molecule has 13 heavy (non-hydrogen) atoms. The lowest BCUT2D eigenvalue weighted by Crippen LogP contribution is -2.36. The van der Waals surface area contributed by atoms with E-state index in [1.165, 1.54) is 6.42 Å². The van der Waals surface area contributed by atoms with E-state index in [0.717, 1.165) is 10.8 Å². The van der Waals surface area contributed by atoms with Gasteiger partial charge in [0.2, 0.25) is 0 Å². The van der Waals surface area contributed by atoms with Gasteiger partial charge in [0.25, 0.3) is 0 Å². The normalized spacial score (nSPS) is 54.6. The Morgan fingerprint density at radius 1 is 1.62 bits per heavy atom. The van der Waals surface area contributed by atoms with Gasteiger partial charge in [-0.2, -0.15) is 0 Å². The fourth-order valence-electron chi connectivity index (χ4n) is 3.07. The summed E-state index contributed by atoms with van der Waals surface area (Å²) in [5.74, 6) is 1.02. The minimum atomic E-state index is -0.0486. The monoisotopic (exact) mass is 356 g/mol. The third-order valence-corrected chi connectivity index (χ3v) is 7.10. The van der Waals surface area contributed by atoms with Crippen molar-refractivity contribution in [3.05, 3.63) is 0 Å². The van der Waals surface area contributed by atoms with E-state index >= 15 is 0 Å². The molecule has 0 N–H and O–H groups in total. The molecule has 0 aromatic carbocycles. The first-order valence-electron chi connectivity index (χ1n) is 4.72. The molecule has 2 aliphatic rings. The maximum absolute atomic E-state index is 12.0. The summed E-state index contributed by atoms with van der Waals surface area (Å²) in [5.41, 5.74) is 0.186. The van der Waals surface area contributed by atoms with Crippen LogP contribution in [0.2, 0.25) is 0 Å². The summed E-state index contributed by atoms with van der Waals surface area (Å²) in [5, 5.41) is 0. The van der Waals surface area contributed by atoms with Crippen LogP contribution in [0.25, 0.3) is 0 Å². The van der Waals surface area contributed by atoms with Crippen LogP contribution in [-0.4, -0.2) is 15.0 Å². The van der Waals surface area contributed by atoms with Crippen LogP contribution in [-0.2, 0) is 4.79 Å². The first-order chi connectivity index (χ1) is 5.97. The molecule has 0 aromatic heterocycles. The van der Waals surface area contributed by atoms with Crippen molar-refractivity contribution < 1.29 is 4.79 Å². The average molecular weight is 357 g/mol. The number of rotatable bonds is 1. The minimum Gasteiger partial charge on any atom is -0.298 e. The summed E-state index contributed by atoms with van der Waals surface area (Å²) in [6, 6.07) is 0. The number of carbonyl (C=O) groups is 1. The first-order valence-corrected chi connectivity index (χ1v) is 7.16. The average Bonchev–Trinajstić information content (AvgIpc) is 2.44. The molecule has 2 saturated carbocycles. The molecule has 0 spiro atoms. The highest BCUT2D eigenvalue weighted by Gasteiger charge is 2.67. The number of ketones is 1. The number of hydrogen-bond acceptors (Lipinski definition) is 1. The Morgan fingerprint density at radius 3 is 2.54 bits per heavy atom. The largest absolute Gasteiger partial charge is 0.298 e. The van der Waals surface area contributed by atoms with Crippen molar-refractivity contribution in [2.45, 2.75) is 31.5 Å². The van der Waals surface area contributed by atoms with E-state index < -0.39 is 0 Å². The van der Waals surface area contributed by atoms with E-state index in [1.54, 1.807) is 0 Å². The highest BCUT2D eigenvalue weighted by atomic mass is 127. The summed E-state index contributed by atoms with van der Waals surface area (Å²) in [4.78, 5) is 12.1. The molecule has 2 rings (SSSR count). The van der Waals surface area contributed by atoms with Gasteiger partial charge < -0.3 is 0 Å². The lowest BCUT2D eigenvalue weighted by Gasteiger charge is -2.34. The Morgan fingerprint density at radius 2 is 2.23 bits per heavy atom. The molecular formula is C10H14BrIO. The Kier molecular flexibility index (Phi) is 2.35. The Labute approximate surface area is 101 Å². The van der Waals surface area contributed by atoms with Crippen LogP contribution in [0.3, 0.4) is 0 Å². The SMILES string of the molecule is C[C@]1(CI)[C@H]2CC[C@]1(C)C(=O)[C@@H]2Br. The van der Waals surface area contributed by atoms with E-state index in [9.17, 15) is 4.79 Å². The molecule has 2 fully saturated rings. The second-order valence-corrected chi connectivity index (χ2v) is 6.54. The molecule has 74 valence electrons. The third kappa shape index (κ3) is 1.01. The highest BCUT2D eigenvalue weighted by molar-refractivity contribution is 14.1. The summed E-state index contributed by atoms with van der Waals surface area (Å²) in [6.07, 6.45) is 2.32. The van der Waals surface area contributed by atoms with Crippen molar-refractivity contribution in [2.75, 3.05) is 4.43 Å². The Hall–Kier alpha value is 0.880. The topological polar surface area (TPSA) is 17.1 Å². The maximum atomic E-state index is 12.0. The van der Waals surface area contributed by atoms with Crippen molar-refractivity contribution in [2.24, 2.45) is 16.7 Å². The van der Waals surface area contributed by atoms with E-state index in [-0.39, 0.29) is 15.7 Å². The molecule has 0 unspecified atom stereocenters. The highest BCUT2D eigenvalue weighted by Crippen LogP contribution is 2.65. The molecule has 2 aliphatic carbocycles. The molecular weight excluding hydrogens is 343 g/mol. The second kappa shape index (κ2) is 2.94.